The van der Waals surface area contributed by atoms with Crippen LogP contribution in [0.15, 0.2) is 11.4 Å². The van der Waals surface area contributed by atoms with Crippen LogP contribution in [-0.4, -0.2) is 23.3 Å². The van der Waals surface area contributed by atoms with Gasteiger partial charge in [-0.1, -0.05) is 18.8 Å². The molecule has 2 N–H and O–H groups in total. The highest BCUT2D eigenvalue weighted by molar-refractivity contribution is 7.10. The zero-order chi connectivity index (χ0) is 15.0. The fourth-order valence-corrected chi connectivity index (χ4v) is 4.14. The molecule has 110 valence electrons. The lowest BCUT2D eigenvalue weighted by Crippen LogP contribution is -2.31. The molecule has 2 fully saturated rings. The Morgan fingerprint density at radius 2 is 2.00 bits per heavy atom. The van der Waals surface area contributed by atoms with Crippen molar-refractivity contribution < 1.29 is 9.59 Å². The lowest BCUT2D eigenvalue weighted by atomic mass is 10.00. The van der Waals surface area contributed by atoms with E-state index in [0.717, 1.165) is 23.3 Å². The molecule has 4 nitrogen and oxygen atoms in total. The van der Waals surface area contributed by atoms with E-state index in [-0.39, 0.29) is 23.7 Å². The Kier molecular flexibility index (Phi) is 3.83. The summed E-state index contributed by atoms with van der Waals surface area (Å²) in [6.07, 6.45) is 1.70. The van der Waals surface area contributed by atoms with Crippen LogP contribution in [0.3, 0.4) is 0 Å². The maximum absolute atomic E-state index is 12.4. The third-order valence-electron chi connectivity index (χ3n) is 4.27. The standard InChI is InChI=1S/C16H18N2O2S/c1-10-5-13-14(6-10)16(20)18(15(13)19)8-12-7-11(9-21-12)3-2-4-17/h7,9-10,13-14H,4-6,8,17H2,1H3. The number of nitrogens with two attached hydrogens (primary N) is 1. The summed E-state index contributed by atoms with van der Waals surface area (Å²) in [4.78, 5) is 27.2. The van der Waals surface area contributed by atoms with Crippen molar-refractivity contribution in [1.82, 2.24) is 4.90 Å². The van der Waals surface area contributed by atoms with Crippen LogP contribution in [0, 0.1) is 29.6 Å². The van der Waals surface area contributed by atoms with Gasteiger partial charge in [0.25, 0.3) is 0 Å². The SMILES string of the molecule is CC1CC2C(=O)N(Cc3cc(C#CCN)cs3)C(=O)C2C1. The van der Waals surface area contributed by atoms with Crippen molar-refractivity contribution in [3.8, 4) is 11.8 Å². The molecule has 1 aromatic rings. The van der Waals surface area contributed by atoms with E-state index in [4.69, 9.17) is 5.73 Å². The van der Waals surface area contributed by atoms with Gasteiger partial charge in [-0.2, -0.15) is 0 Å². The van der Waals surface area contributed by atoms with E-state index in [1.165, 1.54) is 16.2 Å². The molecule has 2 aliphatic rings. The van der Waals surface area contributed by atoms with E-state index in [1.807, 2.05) is 11.4 Å². The molecule has 0 radical (unpaired) electrons. The Bertz CT molecular complexity index is 616. The minimum absolute atomic E-state index is 0.0114. The number of rotatable bonds is 2. The van der Waals surface area contributed by atoms with Crippen molar-refractivity contribution in [3.05, 3.63) is 21.9 Å². The van der Waals surface area contributed by atoms with Crippen molar-refractivity contribution in [3.63, 3.8) is 0 Å². The molecule has 2 atom stereocenters. The summed E-state index contributed by atoms with van der Waals surface area (Å²) in [6.45, 7) is 2.83. The number of nitrogens with zero attached hydrogens (tertiary/aromatic N) is 1. The van der Waals surface area contributed by atoms with Gasteiger partial charge in [0, 0.05) is 15.8 Å². The molecule has 0 bridgehead atoms. The van der Waals surface area contributed by atoms with Crippen molar-refractivity contribution in [2.75, 3.05) is 6.54 Å². The van der Waals surface area contributed by atoms with Gasteiger partial charge < -0.3 is 5.73 Å². The number of carbonyl (C=O) groups excluding carboxylic acids is 2. The van der Waals surface area contributed by atoms with E-state index < -0.39 is 0 Å². The van der Waals surface area contributed by atoms with E-state index >= 15 is 0 Å². The van der Waals surface area contributed by atoms with Gasteiger partial charge in [-0.25, -0.2) is 0 Å². The summed E-state index contributed by atoms with van der Waals surface area (Å²) in [6, 6.07) is 1.94. The number of amides is 2. The molecule has 0 aromatic carbocycles. The molecular weight excluding hydrogens is 284 g/mol. The first-order valence-electron chi connectivity index (χ1n) is 7.21. The van der Waals surface area contributed by atoms with Crippen molar-refractivity contribution in [2.24, 2.45) is 23.5 Å². The minimum atomic E-state index is -0.0797. The number of imide groups is 1. The average Bonchev–Trinajstić information content (AvgIpc) is 3.11. The van der Waals surface area contributed by atoms with Gasteiger partial charge in [-0.15, -0.1) is 11.3 Å². The van der Waals surface area contributed by atoms with Gasteiger partial charge in [0.05, 0.1) is 24.9 Å². The third-order valence-corrected chi connectivity index (χ3v) is 5.19. The molecule has 0 spiro atoms. The largest absolute Gasteiger partial charge is 0.320 e. The van der Waals surface area contributed by atoms with Crippen molar-refractivity contribution in [1.29, 1.82) is 0 Å². The van der Waals surface area contributed by atoms with E-state index in [0.29, 0.717) is 19.0 Å². The fourth-order valence-electron chi connectivity index (χ4n) is 3.34. The van der Waals surface area contributed by atoms with Crippen LogP contribution in [0.2, 0.25) is 0 Å². The molecule has 1 aliphatic heterocycles. The molecule has 1 saturated heterocycles. The van der Waals surface area contributed by atoms with E-state index in [1.54, 1.807) is 0 Å². The summed E-state index contributed by atoms with van der Waals surface area (Å²) in [7, 11) is 0. The monoisotopic (exact) mass is 302 g/mol. The second-order valence-corrected chi connectivity index (χ2v) is 6.86. The van der Waals surface area contributed by atoms with Crippen LogP contribution in [-0.2, 0) is 16.1 Å². The predicted molar refractivity (Wildman–Crippen MR) is 81.2 cm³/mol. The molecule has 2 unspecified atom stereocenters. The molecule has 21 heavy (non-hydrogen) atoms. The van der Waals surface area contributed by atoms with Crippen molar-refractivity contribution >= 4 is 23.2 Å². The summed E-state index contributed by atoms with van der Waals surface area (Å²) < 4.78 is 0. The molecule has 1 aromatic heterocycles. The summed E-state index contributed by atoms with van der Waals surface area (Å²) in [5.41, 5.74) is 6.24. The maximum atomic E-state index is 12.4. The highest BCUT2D eigenvalue weighted by Crippen LogP contribution is 2.43. The molecule has 5 heteroatoms. The molecule has 1 saturated carbocycles. The van der Waals surface area contributed by atoms with Gasteiger partial charge in [0.2, 0.25) is 11.8 Å². The predicted octanol–water partition coefficient (Wildman–Crippen LogP) is 1.59. The van der Waals surface area contributed by atoms with Gasteiger partial charge in [-0.3, -0.25) is 14.5 Å². The first-order valence-corrected chi connectivity index (χ1v) is 8.09. The number of fused-ring (bicyclic) bond motifs is 1. The van der Waals surface area contributed by atoms with Crippen molar-refractivity contribution in [2.45, 2.75) is 26.3 Å². The average molecular weight is 302 g/mol. The first-order chi connectivity index (χ1) is 10.1. The van der Waals surface area contributed by atoms with Gasteiger partial charge in [0.15, 0.2) is 0 Å². The normalized spacial score (nSPS) is 27.7. The lowest BCUT2D eigenvalue weighted by Gasteiger charge is -2.15. The van der Waals surface area contributed by atoms with Gasteiger partial charge >= 0.3 is 0 Å². The zero-order valence-corrected chi connectivity index (χ0v) is 12.8. The molecular formula is C16H18N2O2S. The molecule has 2 heterocycles. The second kappa shape index (κ2) is 5.63. The second-order valence-electron chi connectivity index (χ2n) is 5.86. The molecule has 1 aliphatic carbocycles. The highest BCUT2D eigenvalue weighted by atomic mass is 32.1. The van der Waals surface area contributed by atoms with Gasteiger partial charge in [0.1, 0.15) is 0 Å². The molecule has 2 amide bonds. The zero-order valence-electron chi connectivity index (χ0n) is 12.0. The number of hydrogen-bond donors (Lipinski definition) is 1. The summed E-state index contributed by atoms with van der Waals surface area (Å²) in [5, 5.41) is 1.94. The number of thiophene rings is 1. The topological polar surface area (TPSA) is 63.4 Å². The smallest absolute Gasteiger partial charge is 0.233 e. The Morgan fingerprint density at radius 3 is 2.62 bits per heavy atom. The quantitative estimate of drug-likeness (QED) is 0.666. The minimum Gasteiger partial charge on any atom is -0.320 e. The number of carbonyl (C=O) groups is 2. The summed E-state index contributed by atoms with van der Waals surface area (Å²) >= 11 is 1.53. The number of hydrogen-bond acceptors (Lipinski definition) is 4. The van der Waals surface area contributed by atoms with Crippen LogP contribution in [0.5, 0.6) is 0 Å². The van der Waals surface area contributed by atoms with Crippen LogP contribution >= 0.6 is 11.3 Å². The maximum Gasteiger partial charge on any atom is 0.233 e. The fraction of sp³-hybridized carbons (Fsp3) is 0.500. The Balaban J connectivity index is 1.72. The van der Waals surface area contributed by atoms with E-state index in [2.05, 4.69) is 18.8 Å². The van der Waals surface area contributed by atoms with Crippen LogP contribution < -0.4 is 5.73 Å². The lowest BCUT2D eigenvalue weighted by molar-refractivity contribution is -0.141. The van der Waals surface area contributed by atoms with Crippen LogP contribution in [0.1, 0.15) is 30.2 Å². The first kappa shape index (κ1) is 14.3. The third kappa shape index (κ3) is 2.61. The van der Waals surface area contributed by atoms with Crippen LogP contribution in [0.4, 0.5) is 0 Å². The van der Waals surface area contributed by atoms with Crippen LogP contribution in [0.25, 0.3) is 0 Å². The molecule has 3 rings (SSSR count). The Labute approximate surface area is 128 Å². The summed E-state index contributed by atoms with van der Waals surface area (Å²) in [5.74, 6) is 6.11. The number of likely N-dealkylation sites (tertiary alicyclic amines) is 1. The highest BCUT2D eigenvalue weighted by Gasteiger charge is 2.51. The Morgan fingerprint density at radius 1 is 1.33 bits per heavy atom. The van der Waals surface area contributed by atoms with Gasteiger partial charge in [-0.05, 0) is 24.8 Å². The van der Waals surface area contributed by atoms with E-state index in [9.17, 15) is 9.59 Å². The Hall–Kier alpha value is -1.64.